The normalized spacial score (nSPS) is 10.9. The number of aromatic amines is 1. The predicted molar refractivity (Wildman–Crippen MR) is 104 cm³/mol. The Morgan fingerprint density at radius 3 is 2.54 bits per heavy atom. The van der Waals surface area contributed by atoms with Crippen LogP contribution in [0.25, 0.3) is 28.2 Å². The van der Waals surface area contributed by atoms with E-state index in [-0.39, 0.29) is 28.8 Å². The lowest BCUT2D eigenvalue weighted by Gasteiger charge is -2.07. The van der Waals surface area contributed by atoms with Gasteiger partial charge in [-0.05, 0) is 31.2 Å². The average molecular weight is 396 g/mol. The van der Waals surface area contributed by atoms with Crippen molar-refractivity contribution in [3.8, 4) is 17.2 Å². The quantitative estimate of drug-likeness (QED) is 0.533. The molecule has 4 rings (SSSR count). The van der Waals surface area contributed by atoms with Crippen molar-refractivity contribution in [2.45, 2.75) is 6.92 Å². The molecule has 140 valence electrons. The van der Waals surface area contributed by atoms with E-state index < -0.39 is 11.7 Å². The SMILES string of the molecule is CCOC(=O)c1ccccc1-n1nc(-c2nc3ccccc3nc2Cl)[nH]c1=O. The van der Waals surface area contributed by atoms with Gasteiger partial charge in [-0.1, -0.05) is 35.9 Å². The smallest absolute Gasteiger partial charge is 0.348 e. The van der Waals surface area contributed by atoms with Gasteiger partial charge in [-0.2, -0.15) is 4.68 Å². The number of halogens is 1. The van der Waals surface area contributed by atoms with E-state index in [4.69, 9.17) is 16.3 Å². The summed E-state index contributed by atoms with van der Waals surface area (Å²) in [6.45, 7) is 1.93. The highest BCUT2D eigenvalue weighted by Gasteiger charge is 2.19. The lowest BCUT2D eigenvalue weighted by molar-refractivity contribution is 0.0526. The van der Waals surface area contributed by atoms with Crippen LogP contribution in [0.15, 0.2) is 53.3 Å². The molecule has 0 aliphatic heterocycles. The van der Waals surface area contributed by atoms with E-state index in [1.54, 1.807) is 43.3 Å². The molecule has 0 amide bonds. The molecule has 0 atom stereocenters. The fourth-order valence-electron chi connectivity index (χ4n) is 2.76. The van der Waals surface area contributed by atoms with Crippen LogP contribution in [-0.2, 0) is 4.74 Å². The number of rotatable bonds is 4. The van der Waals surface area contributed by atoms with Crippen molar-refractivity contribution >= 4 is 28.6 Å². The van der Waals surface area contributed by atoms with Crippen molar-refractivity contribution < 1.29 is 9.53 Å². The van der Waals surface area contributed by atoms with Gasteiger partial charge in [0.2, 0.25) is 0 Å². The second-order valence-corrected chi connectivity index (χ2v) is 6.14. The molecule has 0 saturated heterocycles. The summed E-state index contributed by atoms with van der Waals surface area (Å²) >= 11 is 6.25. The molecule has 0 radical (unpaired) electrons. The summed E-state index contributed by atoms with van der Waals surface area (Å²) < 4.78 is 6.13. The Balaban J connectivity index is 1.84. The molecule has 0 saturated carbocycles. The highest BCUT2D eigenvalue weighted by atomic mass is 35.5. The highest BCUT2D eigenvalue weighted by molar-refractivity contribution is 6.32. The molecule has 0 bridgehead atoms. The zero-order valence-electron chi connectivity index (χ0n) is 14.7. The first-order chi connectivity index (χ1) is 13.6. The molecule has 0 aliphatic rings. The summed E-state index contributed by atoms with van der Waals surface area (Å²) in [5, 5.41) is 4.38. The van der Waals surface area contributed by atoms with Crippen LogP contribution in [-0.4, -0.2) is 37.3 Å². The number of hydrogen-bond acceptors (Lipinski definition) is 6. The number of H-pyrrole nitrogens is 1. The third kappa shape index (κ3) is 3.14. The van der Waals surface area contributed by atoms with Gasteiger partial charge in [0.05, 0.1) is 28.9 Å². The van der Waals surface area contributed by atoms with Crippen LogP contribution in [0, 0.1) is 0 Å². The zero-order chi connectivity index (χ0) is 19.7. The summed E-state index contributed by atoms with van der Waals surface area (Å²) in [4.78, 5) is 36.1. The standard InChI is InChI=1S/C19H14ClN5O3/c1-2-28-18(26)11-7-3-6-10-14(11)25-19(27)23-17(24-25)15-16(20)22-13-9-5-4-8-12(13)21-15/h3-10H,2H2,1H3,(H,23,24,27). The Bertz CT molecular complexity index is 1250. The van der Waals surface area contributed by atoms with Gasteiger partial charge in [0.25, 0.3) is 0 Å². The van der Waals surface area contributed by atoms with Gasteiger partial charge in [-0.25, -0.2) is 19.6 Å². The first kappa shape index (κ1) is 17.9. The molecule has 0 aliphatic carbocycles. The van der Waals surface area contributed by atoms with E-state index in [0.29, 0.717) is 16.7 Å². The number of nitrogens with zero attached hydrogens (tertiary/aromatic N) is 4. The van der Waals surface area contributed by atoms with Crippen LogP contribution < -0.4 is 5.69 Å². The number of esters is 1. The van der Waals surface area contributed by atoms with Crippen LogP contribution in [0.3, 0.4) is 0 Å². The minimum absolute atomic E-state index is 0.110. The molecule has 2 aromatic heterocycles. The summed E-state index contributed by atoms with van der Waals surface area (Å²) in [6.07, 6.45) is 0. The molecule has 1 N–H and O–H groups in total. The number of fused-ring (bicyclic) bond motifs is 1. The predicted octanol–water partition coefficient (Wildman–Crippen LogP) is 3.00. The van der Waals surface area contributed by atoms with Gasteiger partial charge in [0, 0.05) is 0 Å². The number of ether oxygens (including phenoxy) is 1. The number of hydrogen-bond donors (Lipinski definition) is 1. The first-order valence-electron chi connectivity index (χ1n) is 8.47. The lowest BCUT2D eigenvalue weighted by Crippen LogP contribution is -2.19. The van der Waals surface area contributed by atoms with Crippen LogP contribution >= 0.6 is 11.6 Å². The fourth-order valence-corrected chi connectivity index (χ4v) is 2.99. The number of nitrogens with one attached hydrogen (secondary N) is 1. The van der Waals surface area contributed by atoms with E-state index in [1.807, 2.05) is 12.1 Å². The molecule has 0 unspecified atom stereocenters. The minimum Gasteiger partial charge on any atom is -0.462 e. The second-order valence-electron chi connectivity index (χ2n) is 5.78. The van der Waals surface area contributed by atoms with Crippen LogP contribution in [0.4, 0.5) is 0 Å². The molecule has 2 aromatic carbocycles. The number of carbonyl (C=O) groups is 1. The number of aromatic nitrogens is 5. The summed E-state index contributed by atoms with van der Waals surface area (Å²) in [7, 11) is 0. The molecule has 8 nitrogen and oxygen atoms in total. The van der Waals surface area contributed by atoms with Gasteiger partial charge in [-0.15, -0.1) is 5.10 Å². The minimum atomic E-state index is -0.544. The third-order valence-corrected chi connectivity index (χ3v) is 4.26. The second kappa shape index (κ2) is 7.24. The van der Waals surface area contributed by atoms with E-state index in [2.05, 4.69) is 20.1 Å². The van der Waals surface area contributed by atoms with Crippen molar-refractivity contribution in [2.24, 2.45) is 0 Å². The first-order valence-corrected chi connectivity index (χ1v) is 8.85. The maximum absolute atomic E-state index is 12.5. The number of carbonyl (C=O) groups excluding carboxylic acids is 1. The molecule has 0 fully saturated rings. The molecule has 28 heavy (non-hydrogen) atoms. The average Bonchev–Trinajstić information content (AvgIpc) is 3.09. The summed E-state index contributed by atoms with van der Waals surface area (Å²) in [6, 6.07) is 13.8. The molecular weight excluding hydrogens is 382 g/mol. The molecule has 0 spiro atoms. The maximum atomic E-state index is 12.5. The van der Waals surface area contributed by atoms with E-state index in [1.165, 1.54) is 0 Å². The van der Waals surface area contributed by atoms with Crippen LogP contribution in [0.2, 0.25) is 5.15 Å². The van der Waals surface area contributed by atoms with E-state index >= 15 is 0 Å². The Morgan fingerprint density at radius 1 is 1.11 bits per heavy atom. The molecule has 4 aromatic rings. The van der Waals surface area contributed by atoms with E-state index in [0.717, 1.165) is 4.68 Å². The van der Waals surface area contributed by atoms with Crippen molar-refractivity contribution in [3.05, 3.63) is 69.7 Å². The summed E-state index contributed by atoms with van der Waals surface area (Å²) in [5.74, 6) is -0.398. The van der Waals surface area contributed by atoms with Gasteiger partial charge >= 0.3 is 11.7 Å². The Kier molecular flexibility index (Phi) is 4.62. The van der Waals surface area contributed by atoms with Crippen molar-refractivity contribution in [3.63, 3.8) is 0 Å². The number of benzene rings is 2. The zero-order valence-corrected chi connectivity index (χ0v) is 15.5. The highest BCUT2D eigenvalue weighted by Crippen LogP contribution is 2.24. The third-order valence-electron chi connectivity index (χ3n) is 4.00. The van der Waals surface area contributed by atoms with Gasteiger partial charge in [0.1, 0.15) is 5.69 Å². The lowest BCUT2D eigenvalue weighted by atomic mass is 10.2. The molecular formula is C19H14ClN5O3. The number of para-hydroxylation sites is 3. The topological polar surface area (TPSA) is 103 Å². The Hall–Kier alpha value is -3.52. The Labute approximate surface area is 163 Å². The van der Waals surface area contributed by atoms with E-state index in [9.17, 15) is 9.59 Å². The van der Waals surface area contributed by atoms with Crippen molar-refractivity contribution in [2.75, 3.05) is 6.61 Å². The largest absolute Gasteiger partial charge is 0.462 e. The van der Waals surface area contributed by atoms with Gasteiger partial charge < -0.3 is 4.74 Å². The molecule has 2 heterocycles. The van der Waals surface area contributed by atoms with Gasteiger partial charge in [0.15, 0.2) is 11.0 Å². The van der Waals surface area contributed by atoms with Crippen molar-refractivity contribution in [1.29, 1.82) is 0 Å². The fraction of sp³-hybridized carbons (Fsp3) is 0.105. The van der Waals surface area contributed by atoms with Crippen LogP contribution in [0.5, 0.6) is 0 Å². The Morgan fingerprint density at radius 2 is 1.79 bits per heavy atom. The monoisotopic (exact) mass is 395 g/mol. The van der Waals surface area contributed by atoms with Gasteiger partial charge in [-0.3, -0.25) is 4.98 Å². The maximum Gasteiger partial charge on any atom is 0.348 e. The summed E-state index contributed by atoms with van der Waals surface area (Å²) in [5.41, 5.74) is 1.45. The molecule has 9 heteroatoms. The van der Waals surface area contributed by atoms with Crippen molar-refractivity contribution in [1.82, 2.24) is 24.7 Å². The van der Waals surface area contributed by atoms with Crippen LogP contribution in [0.1, 0.15) is 17.3 Å².